The van der Waals surface area contributed by atoms with Crippen molar-refractivity contribution in [2.45, 2.75) is 19.1 Å². The van der Waals surface area contributed by atoms with E-state index < -0.39 is 18.6 Å². The maximum atomic E-state index is 13.5. The van der Waals surface area contributed by atoms with E-state index in [2.05, 4.69) is 35.1 Å². The molecule has 1 N–H and O–H groups in total. The van der Waals surface area contributed by atoms with E-state index >= 15 is 0 Å². The maximum Gasteiger partial charge on any atom is 0.387 e. The molecular weight excluding hydrogens is 464 g/mol. The topological polar surface area (TPSA) is 132 Å². The summed E-state index contributed by atoms with van der Waals surface area (Å²) in [5.41, 5.74) is 2.77. The molecule has 0 fully saturated rings. The van der Waals surface area contributed by atoms with Gasteiger partial charge in [-0.15, -0.1) is 10.2 Å². The molecule has 6 rings (SSSR count). The summed E-state index contributed by atoms with van der Waals surface area (Å²) in [6.07, 6.45) is 6.92. The quantitative estimate of drug-likeness (QED) is 0.404. The first-order valence-electron chi connectivity index (χ1n) is 10.6. The van der Waals surface area contributed by atoms with E-state index in [0.717, 1.165) is 5.69 Å². The molecule has 0 saturated heterocycles. The SMILES string of the molecule is Cn1cc(-c2nnc(C(=O)N3CCc4[nH]cnc4[C@@H]3c3cc4c(OC(F)F)cccn4n3)o2)cn1. The van der Waals surface area contributed by atoms with Crippen molar-refractivity contribution in [2.75, 3.05) is 6.54 Å². The Morgan fingerprint density at radius 1 is 1.34 bits per heavy atom. The summed E-state index contributed by atoms with van der Waals surface area (Å²) in [4.78, 5) is 22.5. The van der Waals surface area contributed by atoms with E-state index in [1.54, 1.807) is 48.8 Å². The third-order valence-electron chi connectivity index (χ3n) is 5.72. The van der Waals surface area contributed by atoms with E-state index in [1.807, 2.05) is 0 Å². The van der Waals surface area contributed by atoms with Gasteiger partial charge < -0.3 is 19.0 Å². The summed E-state index contributed by atoms with van der Waals surface area (Å²) in [6, 6.07) is 3.85. The fourth-order valence-electron chi connectivity index (χ4n) is 4.21. The van der Waals surface area contributed by atoms with Gasteiger partial charge in [-0.25, -0.2) is 9.50 Å². The minimum absolute atomic E-state index is 0.0322. The van der Waals surface area contributed by atoms with Crippen LogP contribution in [0.5, 0.6) is 5.75 Å². The van der Waals surface area contributed by atoms with Crippen LogP contribution in [0, 0.1) is 0 Å². The van der Waals surface area contributed by atoms with Gasteiger partial charge in [0, 0.05) is 38.1 Å². The van der Waals surface area contributed by atoms with Crippen LogP contribution >= 0.6 is 0 Å². The zero-order valence-corrected chi connectivity index (χ0v) is 18.2. The molecule has 1 aliphatic heterocycles. The normalized spacial score (nSPS) is 15.7. The second-order valence-corrected chi connectivity index (χ2v) is 7.88. The van der Waals surface area contributed by atoms with Gasteiger partial charge >= 0.3 is 18.4 Å². The average Bonchev–Trinajstić information content (AvgIpc) is 3.63. The number of carbonyl (C=O) groups excluding carboxylic acids is 1. The molecule has 178 valence electrons. The number of aryl methyl sites for hydroxylation is 1. The number of imidazole rings is 1. The van der Waals surface area contributed by atoms with Gasteiger partial charge in [-0.1, -0.05) is 0 Å². The van der Waals surface area contributed by atoms with Crippen molar-refractivity contribution < 1.29 is 22.7 Å². The van der Waals surface area contributed by atoms with E-state index in [0.29, 0.717) is 35.4 Å². The minimum atomic E-state index is -2.99. The van der Waals surface area contributed by atoms with Crippen molar-refractivity contribution >= 4 is 11.4 Å². The number of nitrogens with zero attached hydrogens (tertiary/aromatic N) is 8. The predicted molar refractivity (Wildman–Crippen MR) is 113 cm³/mol. The Hall–Kier alpha value is -4.62. The van der Waals surface area contributed by atoms with Crippen LogP contribution in [0.1, 0.15) is 33.8 Å². The van der Waals surface area contributed by atoms with Crippen LogP contribution in [0.2, 0.25) is 0 Å². The van der Waals surface area contributed by atoms with Gasteiger partial charge in [0.2, 0.25) is 0 Å². The number of aromatic amines is 1. The molecule has 0 bridgehead atoms. The predicted octanol–water partition coefficient (Wildman–Crippen LogP) is 2.23. The highest BCUT2D eigenvalue weighted by molar-refractivity contribution is 5.90. The Morgan fingerprint density at radius 3 is 3.03 bits per heavy atom. The number of fused-ring (bicyclic) bond motifs is 2. The van der Waals surface area contributed by atoms with Crippen LogP contribution in [0.3, 0.4) is 0 Å². The van der Waals surface area contributed by atoms with E-state index in [-0.39, 0.29) is 17.5 Å². The number of halogens is 2. The third-order valence-corrected chi connectivity index (χ3v) is 5.72. The molecule has 1 atom stereocenters. The summed E-state index contributed by atoms with van der Waals surface area (Å²) in [5, 5.41) is 16.5. The second kappa shape index (κ2) is 8.00. The lowest BCUT2D eigenvalue weighted by atomic mass is 9.99. The fourth-order valence-corrected chi connectivity index (χ4v) is 4.21. The Balaban J connectivity index is 1.40. The highest BCUT2D eigenvalue weighted by Crippen LogP contribution is 2.35. The highest BCUT2D eigenvalue weighted by Gasteiger charge is 2.38. The smallest absolute Gasteiger partial charge is 0.387 e. The van der Waals surface area contributed by atoms with Gasteiger partial charge in [-0.3, -0.25) is 9.48 Å². The molecule has 14 heteroatoms. The Labute approximate surface area is 195 Å². The van der Waals surface area contributed by atoms with E-state index in [4.69, 9.17) is 4.42 Å². The maximum absolute atomic E-state index is 13.5. The lowest BCUT2D eigenvalue weighted by Gasteiger charge is -2.32. The molecule has 1 amide bonds. The number of ether oxygens (including phenoxy) is 1. The summed E-state index contributed by atoms with van der Waals surface area (Å²) in [6.45, 7) is -2.67. The number of hydrogen-bond donors (Lipinski definition) is 1. The first kappa shape index (κ1) is 20.9. The van der Waals surface area contributed by atoms with Gasteiger partial charge in [0.1, 0.15) is 11.6 Å². The second-order valence-electron chi connectivity index (χ2n) is 7.88. The molecule has 5 aromatic rings. The first-order chi connectivity index (χ1) is 17.0. The number of rotatable bonds is 5. The number of alkyl halides is 2. The van der Waals surface area contributed by atoms with E-state index in [1.165, 1.54) is 15.5 Å². The van der Waals surface area contributed by atoms with Crippen LogP contribution in [-0.2, 0) is 13.5 Å². The number of aromatic nitrogens is 8. The van der Waals surface area contributed by atoms with Gasteiger partial charge in [0.15, 0.2) is 5.75 Å². The monoisotopic (exact) mass is 481 g/mol. The summed E-state index contributed by atoms with van der Waals surface area (Å²) < 4.78 is 39.1. The van der Waals surface area contributed by atoms with Crippen molar-refractivity contribution in [3.8, 4) is 17.2 Å². The molecule has 0 radical (unpaired) electrons. The van der Waals surface area contributed by atoms with Gasteiger partial charge in [-0.2, -0.15) is 19.0 Å². The number of carbonyl (C=O) groups is 1. The lowest BCUT2D eigenvalue weighted by Crippen LogP contribution is -2.41. The van der Waals surface area contributed by atoms with Gasteiger partial charge in [-0.05, 0) is 18.2 Å². The molecule has 1 aliphatic rings. The molecule has 0 unspecified atom stereocenters. The third kappa shape index (κ3) is 3.59. The van der Waals surface area contributed by atoms with Gasteiger partial charge in [0.25, 0.3) is 5.89 Å². The molecule has 12 nitrogen and oxygen atoms in total. The van der Waals surface area contributed by atoms with Crippen LogP contribution in [0.4, 0.5) is 8.78 Å². The minimum Gasteiger partial charge on any atom is -0.433 e. The zero-order valence-electron chi connectivity index (χ0n) is 18.2. The first-order valence-corrected chi connectivity index (χ1v) is 10.6. The van der Waals surface area contributed by atoms with Crippen molar-refractivity contribution in [3.63, 3.8) is 0 Å². The molecular formula is C21H17F2N9O3. The standard InChI is InChI=1S/C21H17F2N9O3/c1-30-9-11(8-26-30)18-27-28-19(35-18)20(33)31-6-4-12-16(25-10-24-12)17(31)13-7-14-15(34-21(22)23)3-2-5-32(14)29-13/h2-3,5,7-10,17,21H,4,6H2,1H3,(H,24,25)/t17-/m0/s1. The van der Waals surface area contributed by atoms with Crippen molar-refractivity contribution in [1.82, 2.24) is 44.5 Å². The molecule has 0 saturated carbocycles. The van der Waals surface area contributed by atoms with Gasteiger partial charge in [0.05, 0.1) is 29.5 Å². The Morgan fingerprint density at radius 2 is 2.23 bits per heavy atom. The van der Waals surface area contributed by atoms with Crippen LogP contribution in [-0.4, -0.2) is 63.5 Å². The molecule has 0 aliphatic carbocycles. The van der Waals surface area contributed by atoms with Crippen LogP contribution in [0.25, 0.3) is 17.0 Å². The number of hydrogen-bond acceptors (Lipinski definition) is 8. The van der Waals surface area contributed by atoms with Crippen molar-refractivity contribution in [2.24, 2.45) is 7.05 Å². The molecule has 35 heavy (non-hydrogen) atoms. The molecule has 6 heterocycles. The number of pyridine rings is 1. The van der Waals surface area contributed by atoms with E-state index in [9.17, 15) is 13.6 Å². The molecule has 0 aromatic carbocycles. The Kier molecular flexibility index (Phi) is 4.79. The number of nitrogens with one attached hydrogen (secondary N) is 1. The largest absolute Gasteiger partial charge is 0.433 e. The van der Waals surface area contributed by atoms with Crippen LogP contribution in [0.15, 0.2) is 47.5 Å². The fraction of sp³-hybridized carbons (Fsp3) is 0.238. The lowest BCUT2D eigenvalue weighted by molar-refractivity contribution is -0.0490. The van der Waals surface area contributed by atoms with Crippen molar-refractivity contribution in [1.29, 1.82) is 0 Å². The summed E-state index contributed by atoms with van der Waals surface area (Å²) >= 11 is 0. The summed E-state index contributed by atoms with van der Waals surface area (Å²) in [7, 11) is 1.75. The van der Waals surface area contributed by atoms with Crippen molar-refractivity contribution in [3.05, 3.63) is 66.1 Å². The summed E-state index contributed by atoms with van der Waals surface area (Å²) in [5.74, 6) is -0.571. The zero-order chi connectivity index (χ0) is 24.1. The number of H-pyrrole nitrogens is 1. The number of amides is 1. The molecule has 0 spiro atoms. The average molecular weight is 481 g/mol. The Bertz CT molecular complexity index is 1540. The highest BCUT2D eigenvalue weighted by atomic mass is 19.3. The molecule has 5 aromatic heterocycles. The van der Waals surface area contributed by atoms with Crippen LogP contribution < -0.4 is 4.74 Å².